The molecule has 1 saturated carbocycles. The number of hydrogen-bond donors (Lipinski definition) is 0. The monoisotopic (exact) mass is 222 g/mol. The van der Waals surface area contributed by atoms with Crippen molar-refractivity contribution in [1.82, 2.24) is 0 Å². The van der Waals surface area contributed by atoms with E-state index in [9.17, 15) is 0 Å². The zero-order chi connectivity index (χ0) is 11.9. The van der Waals surface area contributed by atoms with Gasteiger partial charge < -0.3 is 0 Å². The molecule has 1 fully saturated rings. The van der Waals surface area contributed by atoms with Crippen molar-refractivity contribution in [2.75, 3.05) is 0 Å². The lowest BCUT2D eigenvalue weighted by molar-refractivity contribution is 0.844. The van der Waals surface area contributed by atoms with Gasteiger partial charge >= 0.3 is 0 Å². The maximum atomic E-state index is 2.34. The molecule has 0 aromatic heterocycles. The Morgan fingerprint density at radius 1 is 0.765 bits per heavy atom. The van der Waals surface area contributed by atoms with Crippen molar-refractivity contribution in [3.8, 4) is 0 Å². The highest BCUT2D eigenvalue weighted by molar-refractivity contribution is 5.46. The molecule has 0 bridgehead atoms. The Morgan fingerprint density at radius 3 is 1.59 bits per heavy atom. The summed E-state index contributed by atoms with van der Waals surface area (Å²) < 4.78 is 0. The molecule has 0 amide bonds. The lowest BCUT2D eigenvalue weighted by atomic mass is 9.87. The molecule has 86 valence electrons. The molecule has 0 saturated heterocycles. The third kappa shape index (κ3) is 1.78. The van der Waals surface area contributed by atoms with Crippen LogP contribution in [-0.4, -0.2) is 0 Å². The highest BCUT2D eigenvalue weighted by Crippen LogP contribution is 2.53. The zero-order valence-corrected chi connectivity index (χ0v) is 10.5. The molecule has 0 nitrogen and oxygen atoms in total. The molecule has 0 heteroatoms. The van der Waals surface area contributed by atoms with Gasteiger partial charge in [-0.2, -0.15) is 0 Å². The van der Waals surface area contributed by atoms with Crippen molar-refractivity contribution in [1.29, 1.82) is 0 Å². The van der Waals surface area contributed by atoms with Crippen LogP contribution < -0.4 is 0 Å². The second-order valence-corrected chi connectivity index (χ2v) is 5.32. The highest BCUT2D eigenvalue weighted by Gasteiger charge is 2.45. The molecule has 0 N–H and O–H groups in total. The molecule has 0 aliphatic heterocycles. The van der Waals surface area contributed by atoms with E-state index >= 15 is 0 Å². The van der Waals surface area contributed by atoms with Crippen LogP contribution in [0, 0.1) is 13.8 Å². The van der Waals surface area contributed by atoms with E-state index in [0.29, 0.717) is 5.41 Å². The molecule has 1 aliphatic rings. The van der Waals surface area contributed by atoms with E-state index in [2.05, 4.69) is 62.4 Å². The van der Waals surface area contributed by atoms with Crippen molar-refractivity contribution in [2.24, 2.45) is 0 Å². The summed E-state index contributed by atoms with van der Waals surface area (Å²) in [6.07, 6.45) is 2.58. The van der Waals surface area contributed by atoms with Crippen LogP contribution in [0.25, 0.3) is 0 Å². The highest BCUT2D eigenvalue weighted by atomic mass is 14.5. The first kappa shape index (κ1) is 10.6. The summed E-state index contributed by atoms with van der Waals surface area (Å²) in [6, 6.07) is 18.0. The van der Waals surface area contributed by atoms with Gasteiger partial charge in [-0.1, -0.05) is 59.7 Å². The Morgan fingerprint density at radius 2 is 1.24 bits per heavy atom. The predicted molar refractivity (Wildman–Crippen MR) is 72.4 cm³/mol. The Labute approximate surface area is 103 Å². The van der Waals surface area contributed by atoms with Crippen molar-refractivity contribution < 1.29 is 0 Å². The van der Waals surface area contributed by atoms with Crippen molar-refractivity contribution >= 4 is 0 Å². The maximum absolute atomic E-state index is 2.34. The fourth-order valence-electron chi connectivity index (χ4n) is 2.75. The van der Waals surface area contributed by atoms with E-state index < -0.39 is 0 Å². The van der Waals surface area contributed by atoms with Crippen LogP contribution in [0.15, 0.2) is 48.5 Å². The van der Waals surface area contributed by atoms with Crippen LogP contribution in [-0.2, 0) is 5.41 Å². The standard InChI is InChI=1S/C17H18/c1-13-5-3-7-15(11-13)17(9-10-17)16-8-4-6-14(2)12-16/h3-8,11-12H,9-10H2,1-2H3. The van der Waals surface area contributed by atoms with Crippen LogP contribution in [0.4, 0.5) is 0 Å². The summed E-state index contributed by atoms with van der Waals surface area (Å²) in [5, 5.41) is 0. The van der Waals surface area contributed by atoms with E-state index in [1.165, 1.54) is 35.1 Å². The van der Waals surface area contributed by atoms with E-state index in [0.717, 1.165) is 0 Å². The number of hydrogen-bond acceptors (Lipinski definition) is 0. The molecule has 0 atom stereocenters. The summed E-state index contributed by atoms with van der Waals surface area (Å²) >= 11 is 0. The van der Waals surface area contributed by atoms with Crippen LogP contribution in [0.5, 0.6) is 0 Å². The summed E-state index contributed by atoms with van der Waals surface area (Å²) in [4.78, 5) is 0. The van der Waals surface area contributed by atoms with Gasteiger partial charge in [0.15, 0.2) is 0 Å². The van der Waals surface area contributed by atoms with E-state index in [1.807, 2.05) is 0 Å². The first-order valence-corrected chi connectivity index (χ1v) is 6.35. The Kier molecular flexibility index (Phi) is 2.32. The fourth-order valence-corrected chi connectivity index (χ4v) is 2.75. The topological polar surface area (TPSA) is 0 Å². The third-order valence-corrected chi connectivity index (χ3v) is 3.89. The smallest absolute Gasteiger partial charge is 0.0204 e. The molecule has 2 aromatic rings. The van der Waals surface area contributed by atoms with Crippen LogP contribution in [0.3, 0.4) is 0 Å². The quantitative estimate of drug-likeness (QED) is 0.707. The van der Waals surface area contributed by atoms with E-state index in [4.69, 9.17) is 0 Å². The summed E-state index contributed by atoms with van der Waals surface area (Å²) in [5.74, 6) is 0. The van der Waals surface area contributed by atoms with Crippen molar-refractivity contribution in [3.05, 3.63) is 70.8 Å². The minimum Gasteiger partial charge on any atom is -0.0617 e. The number of rotatable bonds is 2. The Hall–Kier alpha value is -1.56. The van der Waals surface area contributed by atoms with Crippen molar-refractivity contribution in [2.45, 2.75) is 32.1 Å². The molecular formula is C17H18. The van der Waals surface area contributed by atoms with Crippen LogP contribution in [0.1, 0.15) is 35.1 Å². The van der Waals surface area contributed by atoms with Gasteiger partial charge in [0.1, 0.15) is 0 Å². The second kappa shape index (κ2) is 3.73. The molecule has 0 spiro atoms. The van der Waals surface area contributed by atoms with Gasteiger partial charge in [-0.15, -0.1) is 0 Å². The third-order valence-electron chi connectivity index (χ3n) is 3.89. The van der Waals surface area contributed by atoms with Gasteiger partial charge in [-0.3, -0.25) is 0 Å². The van der Waals surface area contributed by atoms with Crippen molar-refractivity contribution in [3.63, 3.8) is 0 Å². The number of benzene rings is 2. The largest absolute Gasteiger partial charge is 0.0617 e. The normalized spacial score (nSPS) is 16.8. The minimum absolute atomic E-state index is 0.317. The lowest BCUT2D eigenvalue weighted by Crippen LogP contribution is -2.08. The number of aryl methyl sites for hydroxylation is 2. The van der Waals surface area contributed by atoms with Gasteiger partial charge in [0.05, 0.1) is 0 Å². The first-order valence-electron chi connectivity index (χ1n) is 6.35. The molecule has 17 heavy (non-hydrogen) atoms. The predicted octanol–water partition coefficient (Wildman–Crippen LogP) is 4.38. The molecule has 3 rings (SSSR count). The van der Waals surface area contributed by atoms with E-state index in [-0.39, 0.29) is 0 Å². The molecule has 1 aliphatic carbocycles. The lowest BCUT2D eigenvalue weighted by Gasteiger charge is -2.17. The average molecular weight is 222 g/mol. The fraction of sp³-hybridized carbons (Fsp3) is 0.294. The van der Waals surface area contributed by atoms with Gasteiger partial charge in [-0.25, -0.2) is 0 Å². The second-order valence-electron chi connectivity index (χ2n) is 5.32. The van der Waals surface area contributed by atoms with Gasteiger partial charge in [-0.05, 0) is 37.8 Å². The molecule has 0 heterocycles. The molecule has 0 radical (unpaired) electrons. The van der Waals surface area contributed by atoms with Crippen LogP contribution >= 0.6 is 0 Å². The minimum atomic E-state index is 0.317. The first-order chi connectivity index (χ1) is 8.21. The Bertz CT molecular complexity index is 500. The molecular weight excluding hydrogens is 204 g/mol. The van der Waals surface area contributed by atoms with Gasteiger partial charge in [0.25, 0.3) is 0 Å². The summed E-state index contributed by atoms with van der Waals surface area (Å²) in [5.41, 5.74) is 6.02. The van der Waals surface area contributed by atoms with Crippen LogP contribution in [0.2, 0.25) is 0 Å². The maximum Gasteiger partial charge on any atom is 0.0204 e. The summed E-state index contributed by atoms with van der Waals surface area (Å²) in [7, 11) is 0. The van der Waals surface area contributed by atoms with Gasteiger partial charge in [0.2, 0.25) is 0 Å². The zero-order valence-electron chi connectivity index (χ0n) is 10.5. The molecule has 0 unspecified atom stereocenters. The summed E-state index contributed by atoms with van der Waals surface area (Å²) in [6.45, 7) is 4.35. The molecule has 2 aromatic carbocycles. The Balaban J connectivity index is 2.07. The van der Waals surface area contributed by atoms with Gasteiger partial charge in [0, 0.05) is 5.41 Å². The average Bonchev–Trinajstić information content (AvgIpc) is 3.10. The SMILES string of the molecule is Cc1cccc(C2(c3cccc(C)c3)CC2)c1. The van der Waals surface area contributed by atoms with E-state index in [1.54, 1.807) is 0 Å².